The van der Waals surface area contributed by atoms with E-state index in [9.17, 15) is 10.2 Å². The highest BCUT2D eigenvalue weighted by Gasteiger charge is 2.04. The molecule has 3 N–H and O–H groups in total. The minimum Gasteiger partial charge on any atom is -0.508 e. The zero-order valence-electron chi connectivity index (χ0n) is 9.63. The molecule has 4 nitrogen and oxygen atoms in total. The molecule has 0 fully saturated rings. The van der Waals surface area contributed by atoms with Gasteiger partial charge < -0.3 is 10.2 Å². The third kappa shape index (κ3) is 3.77. The minimum absolute atomic E-state index is 0.265. The van der Waals surface area contributed by atoms with Crippen molar-refractivity contribution in [1.82, 2.24) is 0 Å². The monoisotopic (exact) mass is 243 g/mol. The molecule has 18 heavy (non-hydrogen) atoms. The number of benzene rings is 2. The Hall–Kier alpha value is -2.58. The third-order valence-electron chi connectivity index (χ3n) is 2.36. The quantitative estimate of drug-likeness (QED) is 0.560. The fraction of sp³-hybridized carbons (Fsp3) is 0.0714. The SMILES string of the molecule is N=C=O.Oc1ccccc1Cc1ccccc1O. The number of aromatic hydroxyl groups is 2. The summed E-state index contributed by atoms with van der Waals surface area (Å²) in [6.07, 6.45) is 1.29. The Morgan fingerprint density at radius 2 is 1.22 bits per heavy atom. The maximum atomic E-state index is 9.58. The molecular formula is C14H13NO3. The van der Waals surface area contributed by atoms with E-state index >= 15 is 0 Å². The molecule has 0 aliphatic carbocycles. The maximum Gasteiger partial charge on any atom is 0.231 e. The summed E-state index contributed by atoms with van der Waals surface area (Å²) in [6, 6.07) is 14.3. The standard InChI is InChI=1S/C13H12O2.CHNO/c14-12-7-3-1-5-10(12)9-11-6-2-4-8-13(11)15;2-1-3/h1-8,14-15H,9H2;2H. The van der Waals surface area contributed by atoms with Gasteiger partial charge in [-0.1, -0.05) is 36.4 Å². The molecular weight excluding hydrogens is 230 g/mol. The summed E-state index contributed by atoms with van der Waals surface area (Å²) in [6.45, 7) is 0. The summed E-state index contributed by atoms with van der Waals surface area (Å²) >= 11 is 0. The summed E-state index contributed by atoms with van der Waals surface area (Å²) in [5.74, 6) is 0.529. The van der Waals surface area contributed by atoms with Crippen molar-refractivity contribution in [1.29, 1.82) is 5.41 Å². The van der Waals surface area contributed by atoms with Crippen molar-refractivity contribution >= 4 is 6.08 Å². The molecule has 0 unspecified atom stereocenters. The number of hydrogen-bond acceptors (Lipinski definition) is 4. The molecule has 0 saturated heterocycles. The molecule has 0 amide bonds. The molecule has 2 aromatic carbocycles. The predicted octanol–water partition coefficient (Wildman–Crippen LogP) is 2.59. The number of rotatable bonds is 2. The second-order valence-corrected chi connectivity index (χ2v) is 3.54. The fourth-order valence-corrected chi connectivity index (χ4v) is 1.53. The van der Waals surface area contributed by atoms with Crippen molar-refractivity contribution in [2.75, 3.05) is 0 Å². The average molecular weight is 243 g/mol. The summed E-state index contributed by atoms with van der Waals surface area (Å²) in [7, 11) is 0. The van der Waals surface area contributed by atoms with E-state index in [1.807, 2.05) is 24.3 Å². The summed E-state index contributed by atoms with van der Waals surface area (Å²) < 4.78 is 0. The van der Waals surface area contributed by atoms with Crippen LogP contribution in [0.4, 0.5) is 0 Å². The van der Waals surface area contributed by atoms with Gasteiger partial charge in [-0.25, -0.2) is 10.2 Å². The number of nitrogens with one attached hydrogen (secondary N) is 1. The Kier molecular flexibility index (Phi) is 5.16. The Morgan fingerprint density at radius 1 is 0.889 bits per heavy atom. The van der Waals surface area contributed by atoms with Crippen LogP contribution in [0.3, 0.4) is 0 Å². The molecule has 0 aliphatic rings. The van der Waals surface area contributed by atoms with Crippen LogP contribution >= 0.6 is 0 Å². The molecule has 92 valence electrons. The van der Waals surface area contributed by atoms with E-state index in [0.29, 0.717) is 6.42 Å². The van der Waals surface area contributed by atoms with Gasteiger partial charge in [-0.2, -0.15) is 0 Å². The van der Waals surface area contributed by atoms with E-state index in [1.165, 1.54) is 0 Å². The van der Waals surface area contributed by atoms with Crippen molar-refractivity contribution in [3.8, 4) is 11.5 Å². The van der Waals surface area contributed by atoms with Crippen LogP contribution < -0.4 is 0 Å². The Morgan fingerprint density at radius 3 is 1.56 bits per heavy atom. The molecule has 2 rings (SSSR count). The molecule has 2 aromatic rings. The van der Waals surface area contributed by atoms with Crippen molar-refractivity contribution in [2.24, 2.45) is 0 Å². The lowest BCUT2D eigenvalue weighted by atomic mass is 10.0. The van der Waals surface area contributed by atoms with Gasteiger partial charge in [-0.3, -0.25) is 0 Å². The van der Waals surface area contributed by atoms with Crippen LogP contribution in [0.15, 0.2) is 48.5 Å². The van der Waals surface area contributed by atoms with Crippen molar-refractivity contribution in [3.05, 3.63) is 59.7 Å². The Bertz CT molecular complexity index is 503. The lowest BCUT2D eigenvalue weighted by Gasteiger charge is -2.05. The van der Waals surface area contributed by atoms with Crippen molar-refractivity contribution < 1.29 is 15.0 Å². The topological polar surface area (TPSA) is 81.4 Å². The second-order valence-electron chi connectivity index (χ2n) is 3.54. The van der Waals surface area contributed by atoms with Crippen LogP contribution in [0.1, 0.15) is 11.1 Å². The van der Waals surface area contributed by atoms with E-state index in [2.05, 4.69) is 0 Å². The van der Waals surface area contributed by atoms with Gasteiger partial charge in [0.25, 0.3) is 0 Å². The van der Waals surface area contributed by atoms with Crippen LogP contribution in [0.5, 0.6) is 11.5 Å². The van der Waals surface area contributed by atoms with Gasteiger partial charge in [0, 0.05) is 6.42 Å². The van der Waals surface area contributed by atoms with E-state index in [-0.39, 0.29) is 11.5 Å². The molecule has 0 atom stereocenters. The van der Waals surface area contributed by atoms with E-state index in [4.69, 9.17) is 10.2 Å². The number of phenolic OH excluding ortho intramolecular Hbond substituents is 2. The lowest BCUT2D eigenvalue weighted by molar-refractivity contribution is 0.463. The number of para-hydroxylation sites is 2. The third-order valence-corrected chi connectivity index (χ3v) is 2.36. The highest BCUT2D eigenvalue weighted by Crippen LogP contribution is 2.24. The normalized spacial score (nSPS) is 8.89. The van der Waals surface area contributed by atoms with E-state index < -0.39 is 0 Å². The summed E-state index contributed by atoms with van der Waals surface area (Å²) in [5, 5.41) is 24.6. The molecule has 0 saturated carbocycles. The van der Waals surface area contributed by atoms with Gasteiger partial charge in [0.15, 0.2) is 0 Å². The minimum atomic E-state index is 0.265. The Labute approximate surface area is 105 Å². The van der Waals surface area contributed by atoms with Gasteiger partial charge in [-0.05, 0) is 23.3 Å². The first kappa shape index (κ1) is 13.5. The summed E-state index contributed by atoms with van der Waals surface area (Å²) in [5.41, 5.74) is 1.64. The van der Waals surface area contributed by atoms with E-state index in [1.54, 1.807) is 24.3 Å². The van der Waals surface area contributed by atoms with Crippen molar-refractivity contribution in [2.45, 2.75) is 6.42 Å². The number of hydrogen-bond donors (Lipinski definition) is 3. The number of carbonyl (C=O) groups excluding carboxylic acids is 1. The predicted molar refractivity (Wildman–Crippen MR) is 67.4 cm³/mol. The van der Waals surface area contributed by atoms with Gasteiger partial charge >= 0.3 is 0 Å². The highest BCUT2D eigenvalue weighted by molar-refractivity contribution is 5.41. The fourth-order valence-electron chi connectivity index (χ4n) is 1.53. The zero-order chi connectivity index (χ0) is 13.4. The van der Waals surface area contributed by atoms with Crippen LogP contribution in [-0.2, 0) is 11.2 Å². The number of phenols is 2. The Balaban J connectivity index is 0.000000492. The first-order chi connectivity index (χ1) is 8.69. The lowest BCUT2D eigenvalue weighted by Crippen LogP contribution is -1.88. The van der Waals surface area contributed by atoms with Crippen LogP contribution in [-0.4, -0.2) is 16.3 Å². The van der Waals surface area contributed by atoms with Gasteiger partial charge in [-0.15, -0.1) is 0 Å². The first-order valence-corrected chi connectivity index (χ1v) is 5.26. The van der Waals surface area contributed by atoms with Crippen LogP contribution in [0.2, 0.25) is 0 Å². The van der Waals surface area contributed by atoms with Crippen LogP contribution in [0, 0.1) is 5.41 Å². The van der Waals surface area contributed by atoms with Gasteiger partial charge in [0.2, 0.25) is 6.08 Å². The first-order valence-electron chi connectivity index (χ1n) is 5.26. The molecule has 0 heterocycles. The van der Waals surface area contributed by atoms with E-state index in [0.717, 1.165) is 17.2 Å². The van der Waals surface area contributed by atoms with Gasteiger partial charge in [0.1, 0.15) is 11.5 Å². The molecule has 0 aromatic heterocycles. The molecule has 0 bridgehead atoms. The maximum absolute atomic E-state index is 9.58. The van der Waals surface area contributed by atoms with Gasteiger partial charge in [0.05, 0.1) is 0 Å². The molecule has 0 radical (unpaired) electrons. The van der Waals surface area contributed by atoms with Crippen LogP contribution in [0.25, 0.3) is 0 Å². The molecule has 0 spiro atoms. The smallest absolute Gasteiger partial charge is 0.231 e. The highest BCUT2D eigenvalue weighted by atomic mass is 16.3. The summed E-state index contributed by atoms with van der Waals surface area (Å²) in [4.78, 5) is 8.35. The van der Waals surface area contributed by atoms with Crippen molar-refractivity contribution in [3.63, 3.8) is 0 Å². The molecule has 0 aliphatic heterocycles. The zero-order valence-corrected chi connectivity index (χ0v) is 9.63. The number of isocyanates is 1. The average Bonchev–Trinajstić information content (AvgIpc) is 2.36. The largest absolute Gasteiger partial charge is 0.508 e. The second kappa shape index (κ2) is 6.89. The molecule has 4 heteroatoms.